The van der Waals surface area contributed by atoms with Crippen LogP contribution < -0.4 is 9.03 Å². The largest absolute Gasteiger partial charge is 0.279 e. The first-order valence-electron chi connectivity index (χ1n) is 7.58. The van der Waals surface area contributed by atoms with E-state index in [0.717, 1.165) is 0 Å². The number of nitrogens with zero attached hydrogens (tertiary/aromatic N) is 1. The highest BCUT2D eigenvalue weighted by Crippen LogP contribution is 2.30. The van der Waals surface area contributed by atoms with E-state index in [1.165, 1.54) is 28.6 Å². The van der Waals surface area contributed by atoms with Crippen molar-refractivity contribution in [3.05, 3.63) is 53.1 Å². The normalized spacial score (nSPS) is 16.8. The number of anilines is 2. The average molecular weight is 401 g/mol. The van der Waals surface area contributed by atoms with Gasteiger partial charge in [0.25, 0.3) is 10.0 Å². The van der Waals surface area contributed by atoms with Gasteiger partial charge in [0, 0.05) is 11.6 Å². The second kappa shape index (κ2) is 6.51. The zero-order valence-corrected chi connectivity index (χ0v) is 15.8. The molecule has 25 heavy (non-hydrogen) atoms. The monoisotopic (exact) mass is 400 g/mol. The molecule has 0 aromatic heterocycles. The minimum absolute atomic E-state index is 0.0792. The molecule has 9 heteroatoms. The molecule has 0 aliphatic carbocycles. The lowest BCUT2D eigenvalue weighted by molar-refractivity contribution is 0.598. The number of rotatable bonds is 4. The summed E-state index contributed by atoms with van der Waals surface area (Å²) in [5, 5.41) is 0.441. The first-order valence-corrected chi connectivity index (χ1v) is 11.1. The zero-order chi connectivity index (χ0) is 18.2. The zero-order valence-electron chi connectivity index (χ0n) is 13.4. The molecule has 1 aliphatic heterocycles. The number of hydrogen-bond donors (Lipinski definition) is 1. The summed E-state index contributed by atoms with van der Waals surface area (Å²) in [7, 11) is -7.13. The van der Waals surface area contributed by atoms with Gasteiger partial charge >= 0.3 is 0 Å². The molecule has 0 saturated carbocycles. The minimum Gasteiger partial charge on any atom is -0.279 e. The number of aryl methyl sites for hydroxylation is 1. The molecule has 1 heterocycles. The van der Waals surface area contributed by atoms with Crippen molar-refractivity contribution in [2.75, 3.05) is 21.3 Å². The molecule has 0 bridgehead atoms. The summed E-state index contributed by atoms with van der Waals surface area (Å²) in [6.07, 6.45) is 0.558. The minimum atomic E-state index is -3.80. The molecule has 2 aromatic rings. The molecule has 0 radical (unpaired) electrons. The molecular formula is C16H17ClN2O4S2. The van der Waals surface area contributed by atoms with Crippen LogP contribution in [0.15, 0.2) is 47.4 Å². The first-order chi connectivity index (χ1) is 11.7. The van der Waals surface area contributed by atoms with Gasteiger partial charge in [0.05, 0.1) is 22.0 Å². The molecule has 1 saturated heterocycles. The van der Waals surface area contributed by atoms with E-state index in [-0.39, 0.29) is 10.6 Å². The molecule has 2 aromatic carbocycles. The average Bonchev–Trinajstić information content (AvgIpc) is 2.89. The van der Waals surface area contributed by atoms with Crippen molar-refractivity contribution < 1.29 is 16.8 Å². The Morgan fingerprint density at radius 2 is 1.80 bits per heavy atom. The van der Waals surface area contributed by atoms with Crippen LogP contribution in [0.25, 0.3) is 0 Å². The van der Waals surface area contributed by atoms with Gasteiger partial charge in [-0.05, 0) is 55.3 Å². The lowest BCUT2D eigenvalue weighted by Crippen LogP contribution is -2.25. The topological polar surface area (TPSA) is 83.6 Å². The molecule has 0 spiro atoms. The van der Waals surface area contributed by atoms with Crippen molar-refractivity contribution in [1.29, 1.82) is 0 Å². The Balaban J connectivity index is 1.95. The van der Waals surface area contributed by atoms with E-state index in [2.05, 4.69) is 4.72 Å². The lowest BCUT2D eigenvalue weighted by Gasteiger charge is -2.19. The summed E-state index contributed by atoms with van der Waals surface area (Å²) in [5.74, 6) is 0.104. The van der Waals surface area contributed by atoms with Crippen molar-refractivity contribution in [3.8, 4) is 0 Å². The maximum absolute atomic E-state index is 12.5. The first kappa shape index (κ1) is 18.0. The Hall–Kier alpha value is -1.77. The van der Waals surface area contributed by atoms with Crippen LogP contribution in [0.5, 0.6) is 0 Å². The van der Waals surface area contributed by atoms with Crippen LogP contribution >= 0.6 is 11.6 Å². The Kier molecular flexibility index (Phi) is 4.70. The van der Waals surface area contributed by atoms with Gasteiger partial charge in [0.15, 0.2) is 0 Å². The summed E-state index contributed by atoms with van der Waals surface area (Å²) in [4.78, 5) is 0.0792. The van der Waals surface area contributed by atoms with Crippen LogP contribution in [0.2, 0.25) is 5.02 Å². The van der Waals surface area contributed by atoms with Gasteiger partial charge in [-0.2, -0.15) is 0 Å². The van der Waals surface area contributed by atoms with E-state index < -0.39 is 20.0 Å². The van der Waals surface area contributed by atoms with Crippen LogP contribution in [0.1, 0.15) is 12.0 Å². The van der Waals surface area contributed by atoms with Crippen LogP contribution in [0.3, 0.4) is 0 Å². The Labute approximate surface area is 152 Å². The van der Waals surface area contributed by atoms with E-state index in [4.69, 9.17) is 11.6 Å². The van der Waals surface area contributed by atoms with Gasteiger partial charge in [0.1, 0.15) is 0 Å². The van der Waals surface area contributed by atoms with Crippen molar-refractivity contribution in [1.82, 2.24) is 0 Å². The Morgan fingerprint density at radius 1 is 1.12 bits per heavy atom. The molecule has 0 unspecified atom stereocenters. The SMILES string of the molecule is Cc1ccc(N2CCCS2(=O)=O)cc1NS(=O)(=O)c1ccc(Cl)cc1. The van der Waals surface area contributed by atoms with Gasteiger partial charge in [0.2, 0.25) is 10.0 Å². The van der Waals surface area contributed by atoms with Gasteiger partial charge in [-0.1, -0.05) is 17.7 Å². The standard InChI is InChI=1S/C16H17ClN2O4S2/c1-12-3-6-14(19-9-2-10-24(19,20)21)11-16(12)18-25(22,23)15-7-4-13(17)5-8-15/h3-8,11,18H,2,9-10H2,1H3. The summed E-state index contributed by atoms with van der Waals surface area (Å²) < 4.78 is 53.1. The summed E-state index contributed by atoms with van der Waals surface area (Å²) >= 11 is 5.79. The van der Waals surface area contributed by atoms with Gasteiger partial charge in [-0.15, -0.1) is 0 Å². The second-order valence-electron chi connectivity index (χ2n) is 5.80. The van der Waals surface area contributed by atoms with E-state index in [0.29, 0.717) is 34.9 Å². The maximum Gasteiger partial charge on any atom is 0.261 e. The van der Waals surface area contributed by atoms with Crippen LogP contribution in [-0.4, -0.2) is 29.1 Å². The Morgan fingerprint density at radius 3 is 2.40 bits per heavy atom. The highest BCUT2D eigenvalue weighted by atomic mass is 35.5. The number of sulfonamides is 2. The van der Waals surface area contributed by atoms with Gasteiger partial charge < -0.3 is 0 Å². The molecule has 1 aliphatic rings. The highest BCUT2D eigenvalue weighted by molar-refractivity contribution is 7.93. The fourth-order valence-electron chi connectivity index (χ4n) is 2.62. The number of hydrogen-bond acceptors (Lipinski definition) is 4. The molecule has 0 amide bonds. The quantitative estimate of drug-likeness (QED) is 0.855. The van der Waals surface area contributed by atoms with Crippen LogP contribution in [0, 0.1) is 6.92 Å². The fraction of sp³-hybridized carbons (Fsp3) is 0.250. The van der Waals surface area contributed by atoms with Gasteiger partial charge in [-0.3, -0.25) is 9.03 Å². The van der Waals surface area contributed by atoms with Crippen molar-refractivity contribution in [3.63, 3.8) is 0 Å². The number of benzene rings is 2. The molecule has 1 N–H and O–H groups in total. The molecule has 1 fully saturated rings. The van der Waals surface area contributed by atoms with Crippen molar-refractivity contribution in [2.45, 2.75) is 18.2 Å². The summed E-state index contributed by atoms with van der Waals surface area (Å²) in [6, 6.07) is 10.7. The third kappa shape index (κ3) is 3.75. The third-order valence-corrected chi connectivity index (χ3v) is 7.48. The predicted molar refractivity (Wildman–Crippen MR) is 99.2 cm³/mol. The van der Waals surface area contributed by atoms with E-state index in [9.17, 15) is 16.8 Å². The van der Waals surface area contributed by atoms with Crippen molar-refractivity contribution in [2.24, 2.45) is 0 Å². The number of nitrogens with one attached hydrogen (secondary N) is 1. The third-order valence-electron chi connectivity index (χ3n) is 3.98. The summed E-state index contributed by atoms with van der Waals surface area (Å²) in [6.45, 7) is 2.15. The molecule has 134 valence electrons. The fourth-order valence-corrected chi connectivity index (χ4v) is 5.43. The maximum atomic E-state index is 12.5. The summed E-state index contributed by atoms with van der Waals surface area (Å²) in [5.41, 5.74) is 1.49. The predicted octanol–water partition coefficient (Wildman–Crippen LogP) is 2.99. The molecule has 0 atom stereocenters. The number of halogens is 1. The Bertz CT molecular complexity index is 1000. The van der Waals surface area contributed by atoms with Gasteiger partial charge in [-0.25, -0.2) is 16.8 Å². The smallest absolute Gasteiger partial charge is 0.261 e. The van der Waals surface area contributed by atoms with E-state index in [1.807, 2.05) is 0 Å². The van der Waals surface area contributed by atoms with Crippen molar-refractivity contribution >= 4 is 43.0 Å². The molecular weight excluding hydrogens is 384 g/mol. The van der Waals surface area contributed by atoms with Crippen LogP contribution in [0.4, 0.5) is 11.4 Å². The lowest BCUT2D eigenvalue weighted by atomic mass is 10.2. The van der Waals surface area contributed by atoms with Crippen LogP contribution in [-0.2, 0) is 20.0 Å². The highest BCUT2D eigenvalue weighted by Gasteiger charge is 2.29. The molecule has 3 rings (SSSR count). The molecule has 6 nitrogen and oxygen atoms in total. The second-order valence-corrected chi connectivity index (χ2v) is 9.93. The van der Waals surface area contributed by atoms with E-state index in [1.54, 1.807) is 25.1 Å². The van der Waals surface area contributed by atoms with E-state index >= 15 is 0 Å².